The lowest BCUT2D eigenvalue weighted by Gasteiger charge is -2.33. The number of nitrogens with zero attached hydrogens (tertiary/aromatic N) is 2. The molecule has 0 spiro atoms. The highest BCUT2D eigenvalue weighted by Crippen LogP contribution is 2.27. The van der Waals surface area contributed by atoms with Crippen molar-refractivity contribution in [3.05, 3.63) is 35.4 Å². The average molecular weight is 338 g/mol. The van der Waals surface area contributed by atoms with Gasteiger partial charge in [0, 0.05) is 32.7 Å². The van der Waals surface area contributed by atoms with Crippen LogP contribution in [0.3, 0.4) is 0 Å². The molecule has 0 aliphatic carbocycles. The maximum atomic E-state index is 13.0. The van der Waals surface area contributed by atoms with Crippen LogP contribution in [0.15, 0.2) is 24.3 Å². The van der Waals surface area contributed by atoms with E-state index in [0.29, 0.717) is 25.9 Å². The topological polar surface area (TPSA) is 95.7 Å². The summed E-state index contributed by atoms with van der Waals surface area (Å²) in [6.45, 7) is 0.939. The highest BCUT2D eigenvalue weighted by Gasteiger charge is 2.44. The lowest BCUT2D eigenvalue weighted by atomic mass is 10.0. The van der Waals surface area contributed by atoms with Crippen molar-refractivity contribution >= 4 is 16.1 Å². The van der Waals surface area contributed by atoms with Crippen molar-refractivity contribution in [2.45, 2.75) is 31.5 Å². The second kappa shape index (κ2) is 6.20. The summed E-state index contributed by atoms with van der Waals surface area (Å²) in [6, 6.07) is 6.81. The molecule has 0 unspecified atom stereocenters. The lowest BCUT2D eigenvalue weighted by Crippen LogP contribution is -2.51. The zero-order chi connectivity index (χ0) is 16.6. The number of nitrogens with two attached hydrogens (primary N) is 1. The zero-order valence-corrected chi connectivity index (χ0v) is 13.9. The molecule has 3 rings (SSSR count). The van der Waals surface area contributed by atoms with E-state index < -0.39 is 16.3 Å². The predicted octanol–water partition coefficient (Wildman–Crippen LogP) is -0.563. The second-order valence-electron chi connectivity index (χ2n) is 6.06. The minimum atomic E-state index is -3.72. The summed E-state index contributed by atoms with van der Waals surface area (Å²) in [6.07, 6.45) is 1.03. The summed E-state index contributed by atoms with van der Waals surface area (Å²) in [5.41, 5.74) is 8.10. The van der Waals surface area contributed by atoms with E-state index in [9.17, 15) is 13.2 Å². The van der Waals surface area contributed by atoms with E-state index in [2.05, 4.69) is 5.32 Å². The van der Waals surface area contributed by atoms with E-state index in [1.807, 2.05) is 24.3 Å². The number of benzene rings is 1. The van der Waals surface area contributed by atoms with E-state index in [1.165, 1.54) is 21.2 Å². The Kier molecular flexibility index (Phi) is 4.41. The molecule has 1 amide bonds. The third-order valence-electron chi connectivity index (χ3n) is 4.56. The van der Waals surface area contributed by atoms with Gasteiger partial charge in [-0.15, -0.1) is 0 Å². The Morgan fingerprint density at radius 1 is 1.30 bits per heavy atom. The van der Waals surface area contributed by atoms with Gasteiger partial charge in [0.2, 0.25) is 5.91 Å². The number of hydrogen-bond donors (Lipinski definition) is 2. The van der Waals surface area contributed by atoms with Gasteiger partial charge in [0.05, 0.1) is 0 Å². The molecule has 1 saturated heterocycles. The van der Waals surface area contributed by atoms with Crippen molar-refractivity contribution in [2.24, 2.45) is 5.73 Å². The minimum absolute atomic E-state index is 0.179. The summed E-state index contributed by atoms with van der Waals surface area (Å²) in [5.74, 6) is -0.307. The molecule has 1 fully saturated rings. The van der Waals surface area contributed by atoms with Crippen LogP contribution in [0, 0.1) is 0 Å². The molecule has 126 valence electrons. The number of rotatable bonds is 3. The van der Waals surface area contributed by atoms with Crippen LogP contribution in [0.4, 0.5) is 0 Å². The summed E-state index contributed by atoms with van der Waals surface area (Å²) >= 11 is 0. The molecule has 2 atom stereocenters. The Morgan fingerprint density at radius 3 is 2.70 bits per heavy atom. The summed E-state index contributed by atoms with van der Waals surface area (Å²) < 4.78 is 28.7. The maximum absolute atomic E-state index is 13.0. The maximum Gasteiger partial charge on any atom is 0.283 e. The van der Waals surface area contributed by atoms with Crippen LogP contribution in [0.5, 0.6) is 0 Å². The van der Waals surface area contributed by atoms with Crippen LogP contribution < -0.4 is 11.1 Å². The molecular weight excluding hydrogens is 316 g/mol. The lowest BCUT2D eigenvalue weighted by molar-refractivity contribution is -0.123. The normalized spacial score (nSPS) is 26.0. The molecule has 7 nitrogen and oxygen atoms in total. The summed E-state index contributed by atoms with van der Waals surface area (Å²) in [7, 11) is -2.21. The number of hydrogen-bond acceptors (Lipinski definition) is 4. The molecule has 8 heteroatoms. The molecule has 0 aromatic heterocycles. The molecule has 0 saturated carbocycles. The first kappa shape index (κ1) is 16.4. The fourth-order valence-electron chi connectivity index (χ4n) is 3.31. The van der Waals surface area contributed by atoms with E-state index in [4.69, 9.17) is 5.73 Å². The Hall–Kier alpha value is -1.48. The molecule has 2 aliphatic heterocycles. The van der Waals surface area contributed by atoms with Gasteiger partial charge in [-0.1, -0.05) is 24.3 Å². The van der Waals surface area contributed by atoms with Crippen molar-refractivity contribution in [1.29, 1.82) is 0 Å². The van der Waals surface area contributed by atoms with Gasteiger partial charge in [-0.2, -0.15) is 17.0 Å². The van der Waals surface area contributed by atoms with Crippen molar-refractivity contribution in [2.75, 3.05) is 20.1 Å². The zero-order valence-electron chi connectivity index (χ0n) is 13.1. The molecule has 3 N–H and O–H groups in total. The van der Waals surface area contributed by atoms with Crippen LogP contribution in [0.2, 0.25) is 0 Å². The van der Waals surface area contributed by atoms with Gasteiger partial charge in [0.1, 0.15) is 6.04 Å². The minimum Gasteiger partial charge on any atom is -0.358 e. The Labute approximate surface area is 136 Å². The summed E-state index contributed by atoms with van der Waals surface area (Å²) in [4.78, 5) is 12.0. The quantitative estimate of drug-likeness (QED) is 0.772. The Balaban J connectivity index is 1.85. The van der Waals surface area contributed by atoms with Crippen LogP contribution in [0.1, 0.15) is 17.5 Å². The number of carbonyl (C=O) groups is 1. The first-order valence-electron chi connectivity index (χ1n) is 7.74. The van der Waals surface area contributed by atoms with Gasteiger partial charge in [-0.25, -0.2) is 0 Å². The number of carbonyl (C=O) groups excluding carboxylic acids is 1. The first-order valence-corrected chi connectivity index (χ1v) is 9.14. The smallest absolute Gasteiger partial charge is 0.283 e. The molecule has 1 aromatic rings. The highest BCUT2D eigenvalue weighted by atomic mass is 32.2. The molecule has 23 heavy (non-hydrogen) atoms. The Morgan fingerprint density at radius 2 is 2.00 bits per heavy atom. The third kappa shape index (κ3) is 2.99. The largest absolute Gasteiger partial charge is 0.358 e. The van der Waals surface area contributed by atoms with Crippen molar-refractivity contribution < 1.29 is 13.2 Å². The van der Waals surface area contributed by atoms with Crippen molar-refractivity contribution in [3.63, 3.8) is 0 Å². The van der Waals surface area contributed by atoms with Crippen LogP contribution in [0.25, 0.3) is 0 Å². The molecule has 1 aromatic carbocycles. The molecule has 0 radical (unpaired) electrons. The number of fused-ring (bicyclic) bond motifs is 1. The molecular formula is C15H22N4O3S. The third-order valence-corrected chi connectivity index (χ3v) is 6.52. The summed E-state index contributed by atoms with van der Waals surface area (Å²) in [5, 5.41) is 2.53. The Bertz CT molecular complexity index is 706. The van der Waals surface area contributed by atoms with E-state index >= 15 is 0 Å². The van der Waals surface area contributed by atoms with Crippen LogP contribution >= 0.6 is 0 Å². The molecule has 2 heterocycles. The van der Waals surface area contributed by atoms with Crippen LogP contribution in [-0.4, -0.2) is 55.2 Å². The van der Waals surface area contributed by atoms with Gasteiger partial charge in [-0.3, -0.25) is 4.79 Å². The monoisotopic (exact) mass is 338 g/mol. The molecule has 0 bridgehead atoms. The van der Waals surface area contributed by atoms with E-state index in [1.54, 1.807) is 0 Å². The van der Waals surface area contributed by atoms with Gasteiger partial charge in [0.15, 0.2) is 0 Å². The SMILES string of the molecule is CNC(=O)[C@@H]1C[C@@H](N)CN1S(=O)(=O)N1CCc2ccccc2C1. The van der Waals surface area contributed by atoms with E-state index in [0.717, 1.165) is 5.56 Å². The van der Waals surface area contributed by atoms with Crippen LogP contribution in [-0.2, 0) is 28.0 Å². The standard InChI is InChI=1S/C15H22N4O3S/c1-17-15(20)14-8-13(16)10-19(14)23(21,22)18-7-6-11-4-2-3-5-12(11)9-18/h2-5,13-14H,6-10,16H2,1H3,(H,17,20)/t13-,14+/m1/s1. The van der Waals surface area contributed by atoms with Gasteiger partial charge in [-0.05, 0) is 24.0 Å². The second-order valence-corrected chi connectivity index (χ2v) is 7.94. The number of likely N-dealkylation sites (N-methyl/N-ethyl adjacent to an activating group) is 1. The van der Waals surface area contributed by atoms with Gasteiger partial charge >= 0.3 is 0 Å². The average Bonchev–Trinajstić information content (AvgIpc) is 2.96. The van der Waals surface area contributed by atoms with Crippen molar-refractivity contribution in [3.8, 4) is 0 Å². The fraction of sp³-hybridized carbons (Fsp3) is 0.533. The number of nitrogens with one attached hydrogen (secondary N) is 1. The highest BCUT2D eigenvalue weighted by molar-refractivity contribution is 7.86. The predicted molar refractivity (Wildman–Crippen MR) is 86.6 cm³/mol. The first-order chi connectivity index (χ1) is 10.9. The van der Waals surface area contributed by atoms with Gasteiger partial charge in [0.25, 0.3) is 10.2 Å². The van der Waals surface area contributed by atoms with E-state index in [-0.39, 0.29) is 18.5 Å². The van der Waals surface area contributed by atoms with Gasteiger partial charge < -0.3 is 11.1 Å². The fourth-order valence-corrected chi connectivity index (χ4v) is 5.12. The number of amides is 1. The van der Waals surface area contributed by atoms with Crippen molar-refractivity contribution in [1.82, 2.24) is 13.9 Å². The molecule has 2 aliphatic rings.